The maximum absolute atomic E-state index is 6.14. The van der Waals surface area contributed by atoms with Crippen molar-refractivity contribution in [2.75, 3.05) is 0 Å². The summed E-state index contributed by atoms with van der Waals surface area (Å²) in [7, 11) is 0. The van der Waals surface area contributed by atoms with Gasteiger partial charge >= 0.3 is 0 Å². The molecule has 3 nitrogen and oxygen atoms in total. The first kappa shape index (κ1) is 12.3. The predicted octanol–water partition coefficient (Wildman–Crippen LogP) is 3.14. The zero-order valence-electron chi connectivity index (χ0n) is 10.2. The molecule has 2 aromatic rings. The summed E-state index contributed by atoms with van der Waals surface area (Å²) >= 11 is 3.50. The van der Waals surface area contributed by atoms with Crippen LogP contribution < -0.4 is 5.73 Å². The molecule has 0 aliphatic heterocycles. The fourth-order valence-corrected chi connectivity index (χ4v) is 2.00. The summed E-state index contributed by atoms with van der Waals surface area (Å²) in [5.74, 6) is 0. The number of nitrogens with two attached hydrogens (primary N) is 1. The second-order valence-corrected chi connectivity index (χ2v) is 5.66. The first-order chi connectivity index (χ1) is 7.89. The standard InChI is InChI=1S/C13H16BrN3/c1-9-6-10(4-5-11(9)14)17-8-16-7-12(17)13(2,3)15/h4-8H,15H2,1-3H3. The van der Waals surface area contributed by atoms with Crippen LogP contribution in [0.4, 0.5) is 0 Å². The number of nitrogens with zero attached hydrogens (tertiary/aromatic N) is 2. The molecule has 0 aliphatic carbocycles. The van der Waals surface area contributed by atoms with Gasteiger partial charge < -0.3 is 10.3 Å². The summed E-state index contributed by atoms with van der Waals surface area (Å²) in [6.07, 6.45) is 3.62. The fraction of sp³-hybridized carbons (Fsp3) is 0.308. The number of hydrogen-bond donors (Lipinski definition) is 1. The van der Waals surface area contributed by atoms with E-state index in [1.54, 1.807) is 6.33 Å². The molecular weight excluding hydrogens is 278 g/mol. The van der Waals surface area contributed by atoms with Gasteiger partial charge in [0.15, 0.2) is 0 Å². The summed E-state index contributed by atoms with van der Waals surface area (Å²) in [6.45, 7) is 6.02. The van der Waals surface area contributed by atoms with E-state index in [2.05, 4.69) is 33.9 Å². The molecule has 2 N–H and O–H groups in total. The van der Waals surface area contributed by atoms with E-state index in [4.69, 9.17) is 5.73 Å². The predicted molar refractivity (Wildman–Crippen MR) is 73.2 cm³/mol. The number of aromatic nitrogens is 2. The van der Waals surface area contributed by atoms with Crippen molar-refractivity contribution in [3.63, 3.8) is 0 Å². The van der Waals surface area contributed by atoms with Gasteiger partial charge in [-0.3, -0.25) is 0 Å². The third-order valence-corrected chi connectivity index (χ3v) is 3.61. The van der Waals surface area contributed by atoms with Gasteiger partial charge in [0.2, 0.25) is 0 Å². The smallest absolute Gasteiger partial charge is 0.0994 e. The van der Waals surface area contributed by atoms with Crippen LogP contribution in [0, 0.1) is 6.92 Å². The Morgan fingerprint density at radius 2 is 2.06 bits per heavy atom. The summed E-state index contributed by atoms with van der Waals surface area (Å²) in [6, 6.07) is 6.20. The molecule has 0 amide bonds. The van der Waals surface area contributed by atoms with E-state index in [9.17, 15) is 0 Å². The molecular formula is C13H16BrN3. The maximum Gasteiger partial charge on any atom is 0.0994 e. The lowest BCUT2D eigenvalue weighted by atomic mass is 10.0. The molecule has 0 radical (unpaired) electrons. The van der Waals surface area contributed by atoms with Crippen molar-refractivity contribution in [2.45, 2.75) is 26.3 Å². The van der Waals surface area contributed by atoms with E-state index in [1.165, 1.54) is 5.56 Å². The Balaban J connectivity index is 2.54. The average Bonchev–Trinajstić information content (AvgIpc) is 2.70. The van der Waals surface area contributed by atoms with Crippen LogP contribution in [0.15, 0.2) is 35.2 Å². The molecule has 1 aromatic carbocycles. The van der Waals surface area contributed by atoms with E-state index < -0.39 is 5.54 Å². The Labute approximate surface area is 110 Å². The van der Waals surface area contributed by atoms with Crippen molar-refractivity contribution >= 4 is 15.9 Å². The second-order valence-electron chi connectivity index (χ2n) is 4.80. The van der Waals surface area contributed by atoms with Gasteiger partial charge in [-0.25, -0.2) is 4.98 Å². The van der Waals surface area contributed by atoms with Gasteiger partial charge in [0.25, 0.3) is 0 Å². The Morgan fingerprint density at radius 3 is 2.65 bits per heavy atom. The van der Waals surface area contributed by atoms with Crippen molar-refractivity contribution in [3.05, 3.63) is 46.5 Å². The molecule has 0 bridgehead atoms. The molecule has 0 fully saturated rings. The topological polar surface area (TPSA) is 43.8 Å². The third-order valence-electron chi connectivity index (χ3n) is 2.72. The molecule has 0 unspecified atom stereocenters. The average molecular weight is 294 g/mol. The minimum atomic E-state index is -0.405. The first-order valence-corrected chi connectivity index (χ1v) is 6.27. The molecule has 4 heteroatoms. The number of hydrogen-bond acceptors (Lipinski definition) is 2. The van der Waals surface area contributed by atoms with Crippen LogP contribution in [0.2, 0.25) is 0 Å². The summed E-state index contributed by atoms with van der Waals surface area (Å²) < 4.78 is 3.13. The molecule has 0 atom stereocenters. The monoisotopic (exact) mass is 293 g/mol. The molecule has 1 heterocycles. The highest BCUT2D eigenvalue weighted by molar-refractivity contribution is 9.10. The molecule has 17 heavy (non-hydrogen) atoms. The van der Waals surface area contributed by atoms with E-state index in [0.29, 0.717) is 0 Å². The highest BCUT2D eigenvalue weighted by Crippen LogP contribution is 2.24. The summed E-state index contributed by atoms with van der Waals surface area (Å²) in [4.78, 5) is 4.19. The molecule has 90 valence electrons. The van der Waals surface area contributed by atoms with Gasteiger partial charge in [0, 0.05) is 10.2 Å². The van der Waals surface area contributed by atoms with Crippen LogP contribution in [0.25, 0.3) is 5.69 Å². The Kier molecular flexibility index (Phi) is 3.10. The molecule has 0 saturated heterocycles. The quantitative estimate of drug-likeness (QED) is 0.924. The zero-order valence-corrected chi connectivity index (χ0v) is 11.8. The van der Waals surface area contributed by atoms with Crippen LogP contribution in [0.5, 0.6) is 0 Å². The SMILES string of the molecule is Cc1cc(-n2cncc2C(C)(C)N)ccc1Br. The van der Waals surface area contributed by atoms with Gasteiger partial charge in [-0.1, -0.05) is 15.9 Å². The molecule has 1 aromatic heterocycles. The van der Waals surface area contributed by atoms with Crippen molar-refractivity contribution in [2.24, 2.45) is 5.73 Å². The molecule has 0 saturated carbocycles. The second kappa shape index (κ2) is 4.27. The van der Waals surface area contributed by atoms with Gasteiger partial charge in [-0.15, -0.1) is 0 Å². The van der Waals surface area contributed by atoms with Crippen molar-refractivity contribution in [1.29, 1.82) is 0 Å². The third kappa shape index (κ3) is 2.42. The van der Waals surface area contributed by atoms with Crippen LogP contribution in [0.3, 0.4) is 0 Å². The number of rotatable bonds is 2. The maximum atomic E-state index is 6.14. The lowest BCUT2D eigenvalue weighted by Crippen LogP contribution is -2.31. The first-order valence-electron chi connectivity index (χ1n) is 5.48. The number of aryl methyl sites for hydroxylation is 1. The van der Waals surface area contributed by atoms with E-state index in [-0.39, 0.29) is 0 Å². The van der Waals surface area contributed by atoms with Crippen molar-refractivity contribution in [1.82, 2.24) is 9.55 Å². The van der Waals surface area contributed by atoms with Gasteiger partial charge in [0.1, 0.15) is 0 Å². The van der Waals surface area contributed by atoms with E-state index in [0.717, 1.165) is 15.9 Å². The van der Waals surface area contributed by atoms with E-state index in [1.807, 2.05) is 36.7 Å². The molecule has 0 aliphatic rings. The highest BCUT2D eigenvalue weighted by Gasteiger charge is 2.19. The van der Waals surface area contributed by atoms with Gasteiger partial charge in [-0.2, -0.15) is 0 Å². The van der Waals surface area contributed by atoms with Crippen LogP contribution in [0.1, 0.15) is 25.1 Å². The molecule has 2 rings (SSSR count). The fourth-order valence-electron chi connectivity index (χ4n) is 1.76. The zero-order chi connectivity index (χ0) is 12.6. The Bertz CT molecular complexity index is 538. The Hall–Kier alpha value is -1.13. The lowest BCUT2D eigenvalue weighted by molar-refractivity contribution is 0.524. The number of imidazole rings is 1. The van der Waals surface area contributed by atoms with Gasteiger partial charge in [0.05, 0.1) is 23.8 Å². The van der Waals surface area contributed by atoms with Crippen molar-refractivity contribution in [3.8, 4) is 5.69 Å². The minimum absolute atomic E-state index is 0.405. The lowest BCUT2D eigenvalue weighted by Gasteiger charge is -2.21. The van der Waals surface area contributed by atoms with Crippen LogP contribution >= 0.6 is 15.9 Å². The highest BCUT2D eigenvalue weighted by atomic mass is 79.9. The van der Waals surface area contributed by atoms with Crippen molar-refractivity contribution < 1.29 is 0 Å². The number of benzene rings is 1. The minimum Gasteiger partial charge on any atom is -0.321 e. The normalized spacial score (nSPS) is 11.8. The van der Waals surface area contributed by atoms with Crippen LogP contribution in [-0.4, -0.2) is 9.55 Å². The Morgan fingerprint density at radius 1 is 1.35 bits per heavy atom. The van der Waals surface area contributed by atoms with Gasteiger partial charge in [-0.05, 0) is 44.5 Å². The molecule has 0 spiro atoms. The van der Waals surface area contributed by atoms with Crippen LogP contribution in [-0.2, 0) is 5.54 Å². The largest absolute Gasteiger partial charge is 0.321 e. The summed E-state index contributed by atoms with van der Waals surface area (Å²) in [5, 5.41) is 0. The summed E-state index contributed by atoms with van der Waals surface area (Å²) in [5.41, 5.74) is 9.00. The number of halogens is 1. The van der Waals surface area contributed by atoms with E-state index >= 15 is 0 Å².